The van der Waals surface area contributed by atoms with Gasteiger partial charge in [-0.3, -0.25) is 10.1 Å². The van der Waals surface area contributed by atoms with Gasteiger partial charge in [0.15, 0.2) is 5.16 Å². The Bertz CT molecular complexity index is 586. The first kappa shape index (κ1) is 13.6. The van der Waals surface area contributed by atoms with Crippen molar-refractivity contribution in [2.45, 2.75) is 10.9 Å². The van der Waals surface area contributed by atoms with E-state index in [-0.39, 0.29) is 11.0 Å². The molecule has 0 aliphatic rings. The molecule has 0 amide bonds. The highest BCUT2D eigenvalue weighted by atomic mass is 35.5. The molecule has 2 N–H and O–H groups in total. The van der Waals surface area contributed by atoms with Crippen molar-refractivity contribution >= 4 is 34.9 Å². The van der Waals surface area contributed by atoms with Crippen molar-refractivity contribution < 1.29 is 4.92 Å². The van der Waals surface area contributed by atoms with Crippen LogP contribution in [0.25, 0.3) is 0 Å². The molecule has 2 aromatic rings. The van der Waals surface area contributed by atoms with Gasteiger partial charge >= 0.3 is 5.69 Å². The summed E-state index contributed by atoms with van der Waals surface area (Å²) in [6.45, 7) is 0. The SMILES string of the molecule is Nc1nc(SCc2ccccc2)nc(Cl)c1[N+](=O)[O-]. The minimum absolute atomic E-state index is 0.222. The van der Waals surface area contributed by atoms with Crippen molar-refractivity contribution in [1.29, 1.82) is 0 Å². The molecule has 0 aliphatic carbocycles. The summed E-state index contributed by atoms with van der Waals surface area (Å²) in [7, 11) is 0. The lowest BCUT2D eigenvalue weighted by Gasteiger charge is -2.03. The largest absolute Gasteiger partial charge is 0.378 e. The van der Waals surface area contributed by atoms with Gasteiger partial charge in [0, 0.05) is 5.75 Å². The van der Waals surface area contributed by atoms with E-state index in [0.717, 1.165) is 5.56 Å². The average molecular weight is 297 g/mol. The van der Waals surface area contributed by atoms with Gasteiger partial charge in [-0.15, -0.1) is 0 Å². The monoisotopic (exact) mass is 296 g/mol. The molecular formula is C11H9ClN4O2S. The van der Waals surface area contributed by atoms with E-state index in [9.17, 15) is 10.1 Å². The van der Waals surface area contributed by atoms with Gasteiger partial charge in [0.2, 0.25) is 11.0 Å². The molecule has 19 heavy (non-hydrogen) atoms. The van der Waals surface area contributed by atoms with Crippen molar-refractivity contribution in [1.82, 2.24) is 9.97 Å². The Kier molecular flexibility index (Phi) is 4.18. The van der Waals surface area contributed by atoms with E-state index in [1.54, 1.807) is 0 Å². The molecule has 0 spiro atoms. The van der Waals surface area contributed by atoms with Crippen LogP contribution >= 0.6 is 23.4 Å². The van der Waals surface area contributed by atoms with Crippen molar-refractivity contribution in [3.05, 3.63) is 51.2 Å². The van der Waals surface area contributed by atoms with Gasteiger partial charge in [0.1, 0.15) is 0 Å². The third kappa shape index (κ3) is 3.33. The maximum atomic E-state index is 10.7. The van der Waals surface area contributed by atoms with Gasteiger partial charge in [-0.1, -0.05) is 53.7 Å². The molecule has 0 radical (unpaired) electrons. The molecule has 0 atom stereocenters. The fourth-order valence-electron chi connectivity index (χ4n) is 1.38. The lowest BCUT2D eigenvalue weighted by molar-refractivity contribution is -0.384. The van der Waals surface area contributed by atoms with Crippen molar-refractivity contribution in [2.24, 2.45) is 0 Å². The standard InChI is InChI=1S/C11H9ClN4O2S/c12-9-8(16(17)18)10(13)15-11(14-9)19-6-7-4-2-1-3-5-7/h1-5H,6H2,(H2,13,14,15). The highest BCUT2D eigenvalue weighted by Gasteiger charge is 2.21. The molecule has 1 aromatic heterocycles. The number of halogens is 1. The third-order valence-corrected chi connectivity index (χ3v) is 3.42. The number of benzene rings is 1. The van der Waals surface area contributed by atoms with Gasteiger partial charge in [-0.05, 0) is 5.56 Å². The highest BCUT2D eigenvalue weighted by molar-refractivity contribution is 7.98. The molecule has 0 aliphatic heterocycles. The summed E-state index contributed by atoms with van der Waals surface area (Å²) in [4.78, 5) is 17.7. The third-order valence-electron chi connectivity index (χ3n) is 2.24. The summed E-state index contributed by atoms with van der Waals surface area (Å²) in [5.41, 5.74) is 6.14. The molecule has 8 heteroatoms. The van der Waals surface area contributed by atoms with Crippen LogP contribution in [0.4, 0.5) is 11.5 Å². The number of nitro groups is 1. The fourth-order valence-corrected chi connectivity index (χ4v) is 2.48. The van der Waals surface area contributed by atoms with Gasteiger partial charge < -0.3 is 5.73 Å². The first-order valence-electron chi connectivity index (χ1n) is 5.22. The van der Waals surface area contributed by atoms with E-state index < -0.39 is 10.6 Å². The molecular weight excluding hydrogens is 288 g/mol. The van der Waals surface area contributed by atoms with Crippen LogP contribution in [-0.4, -0.2) is 14.9 Å². The Morgan fingerprint density at radius 1 is 1.32 bits per heavy atom. The summed E-state index contributed by atoms with van der Waals surface area (Å²) in [5, 5.41) is 10.8. The number of thioether (sulfide) groups is 1. The Balaban J connectivity index is 2.16. The first-order valence-corrected chi connectivity index (χ1v) is 6.58. The number of nitrogens with two attached hydrogens (primary N) is 1. The highest BCUT2D eigenvalue weighted by Crippen LogP contribution is 2.30. The quantitative estimate of drug-likeness (QED) is 0.306. The average Bonchev–Trinajstić information content (AvgIpc) is 2.36. The van der Waals surface area contributed by atoms with E-state index in [2.05, 4.69) is 9.97 Å². The van der Waals surface area contributed by atoms with Gasteiger partial charge in [-0.25, -0.2) is 4.98 Å². The number of rotatable bonds is 4. The maximum absolute atomic E-state index is 10.7. The zero-order valence-electron chi connectivity index (χ0n) is 9.62. The molecule has 1 aromatic carbocycles. The number of hydrogen-bond donors (Lipinski definition) is 1. The molecule has 6 nitrogen and oxygen atoms in total. The molecule has 98 valence electrons. The number of aromatic nitrogens is 2. The number of anilines is 1. The molecule has 0 saturated heterocycles. The minimum atomic E-state index is -0.691. The molecule has 1 heterocycles. The number of nitrogen functional groups attached to an aromatic ring is 1. The summed E-state index contributed by atoms with van der Waals surface area (Å²) in [6, 6.07) is 9.69. The van der Waals surface area contributed by atoms with Gasteiger partial charge in [0.05, 0.1) is 4.92 Å². The van der Waals surface area contributed by atoms with Crippen LogP contribution in [0, 0.1) is 10.1 Å². The van der Waals surface area contributed by atoms with E-state index in [4.69, 9.17) is 17.3 Å². The summed E-state index contributed by atoms with van der Waals surface area (Å²) >= 11 is 7.04. The van der Waals surface area contributed by atoms with E-state index >= 15 is 0 Å². The number of nitrogens with zero attached hydrogens (tertiary/aromatic N) is 3. The van der Waals surface area contributed by atoms with E-state index in [0.29, 0.717) is 10.9 Å². The van der Waals surface area contributed by atoms with Crippen LogP contribution in [0.3, 0.4) is 0 Å². The molecule has 0 saturated carbocycles. The second kappa shape index (κ2) is 5.85. The Morgan fingerprint density at radius 3 is 2.58 bits per heavy atom. The zero-order valence-corrected chi connectivity index (χ0v) is 11.2. The molecule has 2 rings (SSSR count). The second-order valence-corrected chi connectivity index (χ2v) is 4.86. The molecule has 0 bridgehead atoms. The van der Waals surface area contributed by atoms with Crippen LogP contribution < -0.4 is 5.73 Å². The Morgan fingerprint density at radius 2 is 2.00 bits per heavy atom. The molecule has 0 unspecified atom stereocenters. The minimum Gasteiger partial charge on any atom is -0.378 e. The van der Waals surface area contributed by atoms with Crippen LogP contribution in [0.5, 0.6) is 0 Å². The van der Waals surface area contributed by atoms with Crippen molar-refractivity contribution in [3.63, 3.8) is 0 Å². The predicted octanol–water partition coefficient (Wildman–Crippen LogP) is 2.91. The summed E-state index contributed by atoms with van der Waals surface area (Å²) in [5.74, 6) is 0.412. The molecule has 0 fully saturated rings. The summed E-state index contributed by atoms with van der Waals surface area (Å²) < 4.78 is 0. The van der Waals surface area contributed by atoms with E-state index in [1.807, 2.05) is 30.3 Å². The Hall–Kier alpha value is -1.86. The topological polar surface area (TPSA) is 94.9 Å². The van der Waals surface area contributed by atoms with Gasteiger partial charge in [0.25, 0.3) is 0 Å². The Labute approximate surface area is 118 Å². The smallest absolute Gasteiger partial charge is 0.348 e. The van der Waals surface area contributed by atoms with E-state index in [1.165, 1.54) is 11.8 Å². The van der Waals surface area contributed by atoms with Crippen LogP contribution in [0.2, 0.25) is 5.15 Å². The zero-order chi connectivity index (χ0) is 13.8. The van der Waals surface area contributed by atoms with Crippen LogP contribution in [-0.2, 0) is 5.75 Å². The van der Waals surface area contributed by atoms with Gasteiger partial charge in [-0.2, -0.15) is 4.98 Å². The fraction of sp³-hybridized carbons (Fsp3) is 0.0909. The second-order valence-electron chi connectivity index (χ2n) is 3.56. The maximum Gasteiger partial charge on any atom is 0.348 e. The van der Waals surface area contributed by atoms with Crippen molar-refractivity contribution in [3.8, 4) is 0 Å². The lowest BCUT2D eigenvalue weighted by Crippen LogP contribution is -2.02. The van der Waals surface area contributed by atoms with Crippen LogP contribution in [0.1, 0.15) is 5.56 Å². The van der Waals surface area contributed by atoms with Crippen molar-refractivity contribution in [2.75, 3.05) is 5.73 Å². The predicted molar refractivity (Wildman–Crippen MR) is 74.1 cm³/mol. The first-order chi connectivity index (χ1) is 9.08. The van der Waals surface area contributed by atoms with Crippen LogP contribution in [0.15, 0.2) is 35.5 Å². The lowest BCUT2D eigenvalue weighted by atomic mass is 10.2. The summed E-state index contributed by atoms with van der Waals surface area (Å²) in [6.07, 6.45) is 0. The normalized spacial score (nSPS) is 10.4. The number of hydrogen-bond acceptors (Lipinski definition) is 6.